The van der Waals surface area contributed by atoms with Gasteiger partial charge in [-0.05, 0) is 51.1 Å². The van der Waals surface area contributed by atoms with E-state index in [0.717, 1.165) is 37.0 Å². The van der Waals surface area contributed by atoms with Crippen LogP contribution in [0.4, 0.5) is 0 Å². The van der Waals surface area contributed by atoms with Crippen molar-refractivity contribution in [3.8, 4) is 5.82 Å². The number of hydrogen-bond acceptors (Lipinski definition) is 4. The standard InChI is InChI=1S/C40H31N3O2Si2/c44-46(30-16-5-1-6-17-30,31-18-7-2-8-19-31)38-27-15-26-37(41-38)43-36-25-14-13-24-34(36)35-28-29-39(42-40(35)43)47(45,32-20-9-3-10-21-32)33-22-11-4-12-23-33/h1-29,44-45H. The minimum Gasteiger partial charge on any atom is -0.420 e. The highest BCUT2D eigenvalue weighted by atomic mass is 28.4. The van der Waals surface area contributed by atoms with E-state index in [1.54, 1.807) is 0 Å². The Hall–Kier alpha value is -5.45. The maximum absolute atomic E-state index is 12.7. The molecule has 226 valence electrons. The van der Waals surface area contributed by atoms with Crippen molar-refractivity contribution in [3.05, 3.63) is 176 Å². The van der Waals surface area contributed by atoms with Crippen LogP contribution in [0.3, 0.4) is 0 Å². The van der Waals surface area contributed by atoms with Gasteiger partial charge in [-0.15, -0.1) is 0 Å². The molecule has 0 radical (unpaired) electrons. The van der Waals surface area contributed by atoms with E-state index in [9.17, 15) is 9.59 Å². The molecule has 0 amide bonds. The van der Waals surface area contributed by atoms with Gasteiger partial charge in [-0.1, -0.05) is 146 Å². The van der Waals surface area contributed by atoms with Crippen molar-refractivity contribution in [3.63, 3.8) is 0 Å². The molecule has 0 aliphatic rings. The van der Waals surface area contributed by atoms with Crippen molar-refractivity contribution >= 4 is 70.0 Å². The molecule has 5 aromatic carbocycles. The molecule has 0 saturated carbocycles. The Kier molecular flexibility index (Phi) is 7.23. The summed E-state index contributed by atoms with van der Waals surface area (Å²) < 4.78 is 2.06. The number of aromatic nitrogens is 3. The summed E-state index contributed by atoms with van der Waals surface area (Å²) in [5.41, 5.74) is 1.65. The maximum Gasteiger partial charge on any atom is 0.304 e. The molecule has 0 aliphatic carbocycles. The van der Waals surface area contributed by atoms with E-state index in [-0.39, 0.29) is 0 Å². The van der Waals surface area contributed by atoms with Gasteiger partial charge in [-0.3, -0.25) is 4.57 Å². The summed E-state index contributed by atoms with van der Waals surface area (Å²) >= 11 is 0. The van der Waals surface area contributed by atoms with Crippen LogP contribution in [0.5, 0.6) is 0 Å². The van der Waals surface area contributed by atoms with E-state index in [4.69, 9.17) is 9.97 Å². The molecule has 2 N–H and O–H groups in total. The zero-order valence-electron chi connectivity index (χ0n) is 25.5. The van der Waals surface area contributed by atoms with Gasteiger partial charge >= 0.3 is 16.6 Å². The number of hydrogen-bond donors (Lipinski definition) is 2. The second kappa shape index (κ2) is 11.7. The fourth-order valence-corrected chi connectivity index (χ4v) is 12.4. The number of para-hydroxylation sites is 1. The first kappa shape index (κ1) is 29.0. The summed E-state index contributed by atoms with van der Waals surface area (Å²) in [5.74, 6) is 0.653. The molecule has 0 fully saturated rings. The smallest absolute Gasteiger partial charge is 0.304 e. The van der Waals surface area contributed by atoms with Crippen molar-refractivity contribution in [2.75, 3.05) is 0 Å². The minimum absolute atomic E-state index is 0.633. The molecule has 8 rings (SSSR count). The predicted octanol–water partition coefficient (Wildman–Crippen LogP) is 3.49. The zero-order chi connectivity index (χ0) is 31.8. The number of fused-ring (bicyclic) bond motifs is 3. The van der Waals surface area contributed by atoms with Crippen molar-refractivity contribution < 1.29 is 9.59 Å². The van der Waals surface area contributed by atoms with Gasteiger partial charge in [0.1, 0.15) is 11.5 Å². The molecule has 47 heavy (non-hydrogen) atoms. The summed E-state index contributed by atoms with van der Waals surface area (Å²) in [7, 11) is -6.94. The molecule has 3 aromatic heterocycles. The summed E-state index contributed by atoms with van der Waals surface area (Å²) in [6, 6.07) is 57.6. The van der Waals surface area contributed by atoms with E-state index >= 15 is 0 Å². The lowest BCUT2D eigenvalue weighted by molar-refractivity contribution is 0.581. The Balaban J connectivity index is 1.38. The van der Waals surface area contributed by atoms with Gasteiger partial charge in [0.25, 0.3) is 0 Å². The van der Waals surface area contributed by atoms with Crippen molar-refractivity contribution in [1.29, 1.82) is 0 Å². The third-order valence-electron chi connectivity index (χ3n) is 8.99. The van der Waals surface area contributed by atoms with Crippen LogP contribution in [0.2, 0.25) is 0 Å². The Morgan fingerprint density at radius 2 is 0.830 bits per heavy atom. The zero-order valence-corrected chi connectivity index (χ0v) is 27.5. The topological polar surface area (TPSA) is 71.2 Å². The van der Waals surface area contributed by atoms with Crippen LogP contribution < -0.4 is 31.4 Å². The fraction of sp³-hybridized carbons (Fsp3) is 0. The van der Waals surface area contributed by atoms with Gasteiger partial charge in [0.2, 0.25) is 0 Å². The van der Waals surface area contributed by atoms with E-state index in [0.29, 0.717) is 22.1 Å². The summed E-state index contributed by atoms with van der Waals surface area (Å²) in [6.07, 6.45) is 0. The average Bonchev–Trinajstić information content (AvgIpc) is 3.49. The first-order valence-corrected chi connectivity index (χ1v) is 19.5. The lowest BCUT2D eigenvalue weighted by atomic mass is 10.2. The molecule has 0 saturated heterocycles. The molecular formula is C40H31N3O2Si2. The van der Waals surface area contributed by atoms with E-state index in [2.05, 4.69) is 22.8 Å². The number of pyridine rings is 2. The Morgan fingerprint density at radius 3 is 1.34 bits per heavy atom. The molecular weight excluding hydrogens is 611 g/mol. The van der Waals surface area contributed by atoms with Crippen molar-refractivity contribution in [1.82, 2.24) is 14.5 Å². The van der Waals surface area contributed by atoms with Gasteiger partial charge in [0.15, 0.2) is 0 Å². The highest BCUT2D eigenvalue weighted by molar-refractivity contribution is 7.06. The van der Waals surface area contributed by atoms with E-state index in [1.165, 1.54) is 0 Å². The minimum atomic E-state index is -3.47. The number of nitrogens with zero attached hydrogens (tertiary/aromatic N) is 3. The second-order valence-corrected chi connectivity index (χ2v) is 17.9. The quantitative estimate of drug-likeness (QED) is 0.262. The molecule has 0 bridgehead atoms. The van der Waals surface area contributed by atoms with Gasteiger partial charge in [0.05, 0.1) is 16.2 Å². The Labute approximate surface area is 275 Å². The van der Waals surface area contributed by atoms with Crippen LogP contribution in [0, 0.1) is 0 Å². The van der Waals surface area contributed by atoms with Gasteiger partial charge in [-0.2, -0.15) is 0 Å². The van der Waals surface area contributed by atoms with Crippen molar-refractivity contribution in [2.45, 2.75) is 0 Å². The van der Waals surface area contributed by atoms with Crippen LogP contribution in [0.1, 0.15) is 0 Å². The van der Waals surface area contributed by atoms with Crippen LogP contribution in [-0.2, 0) is 0 Å². The van der Waals surface area contributed by atoms with Crippen LogP contribution in [0.25, 0.3) is 27.8 Å². The van der Waals surface area contributed by atoms with Gasteiger partial charge in [0, 0.05) is 10.8 Å². The molecule has 0 atom stereocenters. The molecule has 0 unspecified atom stereocenters. The average molecular weight is 642 g/mol. The molecule has 8 aromatic rings. The normalized spacial score (nSPS) is 12.0. The summed E-state index contributed by atoms with van der Waals surface area (Å²) in [4.78, 5) is 36.0. The Bertz CT molecular complexity index is 2250. The summed E-state index contributed by atoms with van der Waals surface area (Å²) in [5, 5.41) is 6.73. The van der Waals surface area contributed by atoms with E-state index < -0.39 is 16.6 Å². The Morgan fingerprint density at radius 1 is 0.383 bits per heavy atom. The lowest BCUT2D eigenvalue weighted by Crippen LogP contribution is -2.68. The van der Waals surface area contributed by atoms with Gasteiger partial charge in [-0.25, -0.2) is 9.97 Å². The molecule has 0 spiro atoms. The SMILES string of the molecule is O[Si](c1ccccc1)(c1ccccc1)c1cccc(-n2c3ccccc3c3ccc([Si](O)(c4ccccc4)c4ccccc4)nc32)n1. The van der Waals surface area contributed by atoms with Crippen LogP contribution in [0.15, 0.2) is 176 Å². The molecule has 0 aliphatic heterocycles. The van der Waals surface area contributed by atoms with Gasteiger partial charge < -0.3 is 9.59 Å². The first-order valence-electron chi connectivity index (χ1n) is 15.6. The lowest BCUT2D eigenvalue weighted by Gasteiger charge is -2.26. The molecule has 3 heterocycles. The maximum atomic E-state index is 12.7. The van der Waals surface area contributed by atoms with Crippen molar-refractivity contribution in [2.24, 2.45) is 0 Å². The predicted molar refractivity (Wildman–Crippen MR) is 196 cm³/mol. The largest absolute Gasteiger partial charge is 0.420 e. The van der Waals surface area contributed by atoms with Crippen LogP contribution >= 0.6 is 0 Å². The molecule has 5 nitrogen and oxygen atoms in total. The second-order valence-electron chi connectivity index (χ2n) is 11.7. The number of benzene rings is 5. The number of rotatable bonds is 7. The fourth-order valence-electron chi connectivity index (χ4n) is 6.66. The highest BCUT2D eigenvalue weighted by Gasteiger charge is 2.41. The molecule has 7 heteroatoms. The first-order chi connectivity index (χ1) is 23.1. The summed E-state index contributed by atoms with van der Waals surface area (Å²) in [6.45, 7) is 0. The monoisotopic (exact) mass is 641 g/mol. The third kappa shape index (κ3) is 4.76. The van der Waals surface area contributed by atoms with E-state index in [1.807, 2.05) is 158 Å². The van der Waals surface area contributed by atoms with Crippen LogP contribution in [-0.4, -0.2) is 40.8 Å². The highest BCUT2D eigenvalue weighted by Crippen LogP contribution is 2.29. The third-order valence-corrected chi connectivity index (χ3v) is 15.7.